The highest BCUT2D eigenvalue weighted by Crippen LogP contribution is 2.04. The van der Waals surface area contributed by atoms with Gasteiger partial charge in [-0.1, -0.05) is 0 Å². The molecule has 0 saturated carbocycles. The van der Waals surface area contributed by atoms with E-state index in [-0.39, 0.29) is 18.5 Å². The van der Waals surface area contributed by atoms with Gasteiger partial charge in [0.25, 0.3) is 0 Å². The molecule has 0 radical (unpaired) electrons. The summed E-state index contributed by atoms with van der Waals surface area (Å²) in [6.07, 6.45) is 0.470. The maximum absolute atomic E-state index is 11.4. The summed E-state index contributed by atoms with van der Waals surface area (Å²) >= 11 is 0. The van der Waals surface area contributed by atoms with Gasteiger partial charge < -0.3 is 20.5 Å². The minimum absolute atomic E-state index is 0.107. The van der Waals surface area contributed by atoms with E-state index in [9.17, 15) is 14.7 Å². The Morgan fingerprint density at radius 3 is 2.93 bits per heavy atom. The topological polar surface area (TPSA) is 87.7 Å². The second kappa shape index (κ2) is 5.67. The molecule has 1 fully saturated rings. The Hall–Kier alpha value is -1.14. The fourth-order valence-corrected chi connectivity index (χ4v) is 1.45. The first-order chi connectivity index (χ1) is 7.15. The number of amides is 1. The van der Waals surface area contributed by atoms with E-state index in [1.807, 2.05) is 0 Å². The summed E-state index contributed by atoms with van der Waals surface area (Å²) in [6.45, 7) is 0.724. The van der Waals surface area contributed by atoms with Crippen LogP contribution in [0.1, 0.15) is 12.8 Å². The van der Waals surface area contributed by atoms with Crippen molar-refractivity contribution in [3.8, 4) is 0 Å². The van der Waals surface area contributed by atoms with Crippen LogP contribution in [0.5, 0.6) is 0 Å². The summed E-state index contributed by atoms with van der Waals surface area (Å²) in [5, 5.41) is 14.7. The second-order valence-corrected chi connectivity index (χ2v) is 3.43. The Morgan fingerprint density at radius 1 is 1.67 bits per heavy atom. The van der Waals surface area contributed by atoms with Crippen LogP contribution >= 0.6 is 0 Å². The number of methoxy groups -OCH3 is 1. The fourth-order valence-electron chi connectivity index (χ4n) is 1.45. The fraction of sp³-hybridized carbons (Fsp3) is 0.778. The van der Waals surface area contributed by atoms with Crippen molar-refractivity contribution in [1.29, 1.82) is 0 Å². The van der Waals surface area contributed by atoms with Crippen LogP contribution in [0.25, 0.3) is 0 Å². The van der Waals surface area contributed by atoms with Crippen molar-refractivity contribution in [2.75, 3.05) is 20.2 Å². The van der Waals surface area contributed by atoms with E-state index in [0.29, 0.717) is 0 Å². The van der Waals surface area contributed by atoms with Crippen LogP contribution in [0.2, 0.25) is 0 Å². The third-order valence-corrected chi connectivity index (χ3v) is 2.32. The Kier molecular flexibility index (Phi) is 4.51. The van der Waals surface area contributed by atoms with Crippen molar-refractivity contribution in [2.45, 2.75) is 25.0 Å². The number of ether oxygens (including phenoxy) is 1. The molecule has 2 atom stereocenters. The molecule has 1 aliphatic rings. The molecule has 0 bridgehead atoms. The zero-order valence-electron chi connectivity index (χ0n) is 8.66. The summed E-state index contributed by atoms with van der Waals surface area (Å²) in [4.78, 5) is 22.2. The standard InChI is InChI=1S/C9H16N2O4/c1-15-9(14)7(12)5-11-8(13)6-3-2-4-10-6/h6-7,10,12H,2-5H2,1H3,(H,11,13). The normalized spacial score (nSPS) is 22.1. The molecule has 6 heteroatoms. The third-order valence-electron chi connectivity index (χ3n) is 2.32. The van der Waals surface area contributed by atoms with Gasteiger partial charge in [0.15, 0.2) is 6.10 Å². The van der Waals surface area contributed by atoms with Crippen molar-refractivity contribution >= 4 is 11.9 Å². The lowest BCUT2D eigenvalue weighted by molar-refractivity contribution is -0.150. The molecular formula is C9H16N2O4. The summed E-state index contributed by atoms with van der Waals surface area (Å²) in [7, 11) is 1.19. The van der Waals surface area contributed by atoms with Crippen LogP contribution in [0.4, 0.5) is 0 Å². The van der Waals surface area contributed by atoms with Gasteiger partial charge in [0.2, 0.25) is 5.91 Å². The number of nitrogens with one attached hydrogen (secondary N) is 2. The quantitative estimate of drug-likeness (QED) is 0.492. The molecule has 1 amide bonds. The van der Waals surface area contributed by atoms with E-state index in [4.69, 9.17) is 0 Å². The Labute approximate surface area is 88.0 Å². The lowest BCUT2D eigenvalue weighted by atomic mass is 10.2. The van der Waals surface area contributed by atoms with Crippen LogP contribution in [-0.4, -0.2) is 49.3 Å². The van der Waals surface area contributed by atoms with Crippen LogP contribution in [0, 0.1) is 0 Å². The van der Waals surface area contributed by atoms with Crippen LogP contribution < -0.4 is 10.6 Å². The van der Waals surface area contributed by atoms with E-state index in [1.165, 1.54) is 7.11 Å². The second-order valence-electron chi connectivity index (χ2n) is 3.43. The van der Waals surface area contributed by atoms with Gasteiger partial charge in [-0.3, -0.25) is 4.79 Å². The Bertz CT molecular complexity index is 238. The Morgan fingerprint density at radius 2 is 2.40 bits per heavy atom. The molecule has 1 saturated heterocycles. The molecule has 3 N–H and O–H groups in total. The number of carbonyl (C=O) groups excluding carboxylic acids is 2. The monoisotopic (exact) mass is 216 g/mol. The van der Waals surface area contributed by atoms with Crippen LogP contribution in [-0.2, 0) is 14.3 Å². The molecule has 0 spiro atoms. The zero-order chi connectivity index (χ0) is 11.3. The lowest BCUT2D eigenvalue weighted by Crippen LogP contribution is -2.45. The third kappa shape index (κ3) is 3.49. The molecule has 1 aliphatic heterocycles. The SMILES string of the molecule is COC(=O)C(O)CNC(=O)C1CCCN1. The highest BCUT2D eigenvalue weighted by atomic mass is 16.5. The summed E-state index contributed by atoms with van der Waals surface area (Å²) in [5.41, 5.74) is 0. The van der Waals surface area contributed by atoms with Gasteiger partial charge >= 0.3 is 5.97 Å². The summed E-state index contributed by atoms with van der Waals surface area (Å²) in [5.74, 6) is -0.926. The molecule has 2 unspecified atom stereocenters. The van der Waals surface area contributed by atoms with Crippen molar-refractivity contribution in [1.82, 2.24) is 10.6 Å². The maximum atomic E-state index is 11.4. The molecular weight excluding hydrogens is 200 g/mol. The first-order valence-electron chi connectivity index (χ1n) is 4.92. The van der Waals surface area contributed by atoms with Gasteiger partial charge in [0, 0.05) is 0 Å². The molecule has 0 aromatic rings. The highest BCUT2D eigenvalue weighted by molar-refractivity contribution is 5.83. The van der Waals surface area contributed by atoms with Gasteiger partial charge in [-0.05, 0) is 19.4 Å². The molecule has 0 aromatic carbocycles. The zero-order valence-corrected chi connectivity index (χ0v) is 8.66. The molecule has 6 nitrogen and oxygen atoms in total. The largest absolute Gasteiger partial charge is 0.467 e. The van der Waals surface area contributed by atoms with Crippen molar-refractivity contribution in [2.24, 2.45) is 0 Å². The van der Waals surface area contributed by atoms with Gasteiger partial charge in [-0.15, -0.1) is 0 Å². The number of hydrogen-bond acceptors (Lipinski definition) is 5. The lowest BCUT2D eigenvalue weighted by Gasteiger charge is -2.13. The first kappa shape index (κ1) is 11.9. The first-order valence-corrected chi connectivity index (χ1v) is 4.92. The van der Waals surface area contributed by atoms with Crippen molar-refractivity contribution in [3.05, 3.63) is 0 Å². The average molecular weight is 216 g/mol. The molecule has 1 rings (SSSR count). The number of hydrogen-bond donors (Lipinski definition) is 3. The number of esters is 1. The van der Waals surface area contributed by atoms with Crippen molar-refractivity contribution in [3.63, 3.8) is 0 Å². The van der Waals surface area contributed by atoms with Crippen molar-refractivity contribution < 1.29 is 19.4 Å². The minimum Gasteiger partial charge on any atom is -0.467 e. The number of rotatable bonds is 4. The predicted octanol–water partition coefficient (Wildman–Crippen LogP) is -1.61. The van der Waals surface area contributed by atoms with Gasteiger partial charge in [-0.25, -0.2) is 4.79 Å². The number of aliphatic hydroxyl groups excluding tert-OH is 1. The molecule has 15 heavy (non-hydrogen) atoms. The van der Waals surface area contributed by atoms with E-state index < -0.39 is 12.1 Å². The Balaban J connectivity index is 2.24. The van der Waals surface area contributed by atoms with E-state index >= 15 is 0 Å². The highest BCUT2D eigenvalue weighted by Gasteiger charge is 2.23. The number of aliphatic hydroxyl groups is 1. The maximum Gasteiger partial charge on any atom is 0.336 e. The van der Waals surface area contributed by atoms with E-state index in [0.717, 1.165) is 19.4 Å². The van der Waals surface area contributed by atoms with Gasteiger partial charge in [0.1, 0.15) is 0 Å². The predicted molar refractivity (Wildman–Crippen MR) is 52.1 cm³/mol. The smallest absolute Gasteiger partial charge is 0.336 e. The molecule has 0 aliphatic carbocycles. The summed E-state index contributed by atoms with van der Waals surface area (Å²) in [6, 6.07) is -0.199. The van der Waals surface area contributed by atoms with Crippen LogP contribution in [0.3, 0.4) is 0 Å². The van der Waals surface area contributed by atoms with Crippen LogP contribution in [0.15, 0.2) is 0 Å². The number of carbonyl (C=O) groups is 2. The average Bonchev–Trinajstić information content (AvgIpc) is 2.77. The minimum atomic E-state index is -1.29. The van der Waals surface area contributed by atoms with E-state index in [2.05, 4.69) is 15.4 Å². The van der Waals surface area contributed by atoms with E-state index in [1.54, 1.807) is 0 Å². The molecule has 1 heterocycles. The van der Waals surface area contributed by atoms with Gasteiger partial charge in [0.05, 0.1) is 19.7 Å². The molecule has 86 valence electrons. The van der Waals surface area contributed by atoms with Gasteiger partial charge in [-0.2, -0.15) is 0 Å². The summed E-state index contributed by atoms with van der Waals surface area (Å²) < 4.78 is 4.31. The molecule has 0 aromatic heterocycles.